The van der Waals surface area contributed by atoms with E-state index in [0.29, 0.717) is 10.9 Å². The van der Waals surface area contributed by atoms with Crippen molar-refractivity contribution in [3.8, 4) is 5.75 Å². The zero-order chi connectivity index (χ0) is 31.2. The van der Waals surface area contributed by atoms with E-state index in [9.17, 15) is 29.1 Å². The molecule has 3 amide bonds. The molecular weight excluding hydrogens is 548 g/mol. The molecule has 0 saturated carbocycles. The summed E-state index contributed by atoms with van der Waals surface area (Å²) in [5, 5.41) is 12.5. The molecule has 13 heteroatoms. The highest BCUT2D eigenvalue weighted by atomic mass is 16.6. The van der Waals surface area contributed by atoms with Crippen LogP contribution in [0.4, 0.5) is 4.79 Å². The molecule has 2 N–H and O–H groups in total. The van der Waals surface area contributed by atoms with Crippen molar-refractivity contribution in [1.82, 2.24) is 20.1 Å². The Bertz CT molecular complexity index is 1350. The molecule has 228 valence electrons. The van der Waals surface area contributed by atoms with E-state index in [4.69, 9.17) is 14.2 Å². The number of aryl methyl sites for hydroxylation is 1. The number of esters is 1. The summed E-state index contributed by atoms with van der Waals surface area (Å²) in [5.41, 5.74) is 0.296. The Morgan fingerprint density at radius 2 is 1.69 bits per heavy atom. The summed E-state index contributed by atoms with van der Waals surface area (Å²) in [6, 6.07) is 5.25. The van der Waals surface area contributed by atoms with Crippen molar-refractivity contribution in [2.75, 3.05) is 32.8 Å². The summed E-state index contributed by atoms with van der Waals surface area (Å²) in [6.45, 7) is 11.0. The molecule has 2 atom stereocenters. The second-order valence-electron chi connectivity index (χ2n) is 11.0. The number of pyridine rings is 1. The van der Waals surface area contributed by atoms with Crippen LogP contribution in [0, 0.1) is 6.92 Å². The Morgan fingerprint density at radius 3 is 2.29 bits per heavy atom. The molecule has 0 aliphatic carbocycles. The number of carbonyl (C=O) groups is 5. The number of ether oxygens (including phenoxy) is 3. The number of rotatable bonds is 9. The highest BCUT2D eigenvalue weighted by Gasteiger charge is 2.33. The number of nitrogens with one attached hydrogen (secondary N) is 1. The van der Waals surface area contributed by atoms with E-state index in [2.05, 4.69) is 10.3 Å². The van der Waals surface area contributed by atoms with Gasteiger partial charge in [-0.25, -0.2) is 14.6 Å². The van der Waals surface area contributed by atoms with Crippen molar-refractivity contribution in [2.45, 2.75) is 65.7 Å². The molecule has 13 nitrogen and oxygen atoms in total. The molecule has 1 aromatic carbocycles. The van der Waals surface area contributed by atoms with Gasteiger partial charge < -0.3 is 34.4 Å². The first kappa shape index (κ1) is 32.1. The molecule has 1 fully saturated rings. The average Bonchev–Trinajstić information content (AvgIpc) is 2.91. The molecule has 0 bridgehead atoms. The van der Waals surface area contributed by atoms with E-state index >= 15 is 0 Å². The van der Waals surface area contributed by atoms with Gasteiger partial charge in [0.15, 0.2) is 6.10 Å². The van der Waals surface area contributed by atoms with Gasteiger partial charge in [-0.3, -0.25) is 14.4 Å². The Labute approximate surface area is 244 Å². The third-order valence-electron chi connectivity index (χ3n) is 6.32. The predicted octanol–water partition coefficient (Wildman–Crippen LogP) is 2.53. The number of amides is 3. The summed E-state index contributed by atoms with van der Waals surface area (Å²) in [6.07, 6.45) is -2.12. The molecule has 0 unspecified atom stereocenters. The Balaban J connectivity index is 1.88. The first-order chi connectivity index (χ1) is 19.7. The smallest absolute Gasteiger partial charge is 0.409 e. The predicted molar refractivity (Wildman–Crippen MR) is 151 cm³/mol. The lowest BCUT2D eigenvalue weighted by molar-refractivity contribution is -0.157. The maximum Gasteiger partial charge on any atom is 0.409 e. The van der Waals surface area contributed by atoms with Gasteiger partial charge in [0.1, 0.15) is 23.1 Å². The van der Waals surface area contributed by atoms with Crippen molar-refractivity contribution in [3.63, 3.8) is 0 Å². The Kier molecular flexibility index (Phi) is 10.3. The van der Waals surface area contributed by atoms with Crippen LogP contribution >= 0.6 is 0 Å². The van der Waals surface area contributed by atoms with Crippen LogP contribution in [0.25, 0.3) is 10.9 Å². The second-order valence-corrected chi connectivity index (χ2v) is 11.0. The lowest BCUT2D eigenvalue weighted by atomic mass is 10.1. The monoisotopic (exact) mass is 586 g/mol. The number of carbonyl (C=O) groups excluding carboxylic acids is 4. The molecule has 2 aromatic rings. The summed E-state index contributed by atoms with van der Waals surface area (Å²) in [5.74, 6) is -3.04. The van der Waals surface area contributed by atoms with Gasteiger partial charge in [-0.15, -0.1) is 0 Å². The number of aliphatic carboxylic acids is 1. The van der Waals surface area contributed by atoms with Crippen molar-refractivity contribution < 1.29 is 43.3 Å². The van der Waals surface area contributed by atoms with E-state index < -0.39 is 54.0 Å². The zero-order valence-electron chi connectivity index (χ0n) is 24.8. The van der Waals surface area contributed by atoms with Gasteiger partial charge in [0, 0.05) is 37.6 Å². The molecular formula is C29H38N4O9. The third kappa shape index (κ3) is 8.54. The van der Waals surface area contributed by atoms with Gasteiger partial charge >= 0.3 is 18.0 Å². The average molecular weight is 587 g/mol. The van der Waals surface area contributed by atoms with Crippen LogP contribution in [-0.4, -0.2) is 100 Å². The number of hydrogen-bond donors (Lipinski definition) is 2. The van der Waals surface area contributed by atoms with Gasteiger partial charge in [0.25, 0.3) is 5.91 Å². The lowest BCUT2D eigenvalue weighted by Gasteiger charge is -2.36. The quantitative estimate of drug-likeness (QED) is 0.417. The van der Waals surface area contributed by atoms with Crippen LogP contribution in [0.5, 0.6) is 5.75 Å². The van der Waals surface area contributed by atoms with Gasteiger partial charge in [0.2, 0.25) is 5.91 Å². The van der Waals surface area contributed by atoms with Crippen LogP contribution in [-0.2, 0) is 23.9 Å². The topological polar surface area (TPSA) is 165 Å². The molecule has 1 saturated heterocycles. The number of fused-ring (bicyclic) bond motifs is 1. The number of aromatic nitrogens is 1. The molecule has 1 aromatic heterocycles. The van der Waals surface area contributed by atoms with E-state index in [1.54, 1.807) is 45.9 Å². The number of hydrogen-bond acceptors (Lipinski definition) is 9. The maximum atomic E-state index is 13.6. The summed E-state index contributed by atoms with van der Waals surface area (Å²) < 4.78 is 16.1. The van der Waals surface area contributed by atoms with E-state index in [-0.39, 0.29) is 44.2 Å². The van der Waals surface area contributed by atoms with Gasteiger partial charge in [-0.2, -0.15) is 0 Å². The largest absolute Gasteiger partial charge is 0.479 e. The fourth-order valence-electron chi connectivity index (χ4n) is 4.29. The second kappa shape index (κ2) is 13.5. The van der Waals surface area contributed by atoms with Crippen molar-refractivity contribution >= 4 is 40.7 Å². The molecule has 1 aliphatic rings. The molecule has 2 heterocycles. The van der Waals surface area contributed by atoms with Crippen LogP contribution in [0.15, 0.2) is 24.3 Å². The molecule has 0 spiro atoms. The highest BCUT2D eigenvalue weighted by Crippen LogP contribution is 2.28. The molecule has 1 aliphatic heterocycles. The molecule has 0 radical (unpaired) electrons. The zero-order valence-corrected chi connectivity index (χ0v) is 24.8. The number of piperazine rings is 1. The minimum atomic E-state index is -1.29. The standard InChI is InChI=1S/C29H38N4O9/c1-7-40-28(39)33-12-10-32(11-13-33)26(36)22(16-24(34)42-29(4,5)6)31-25(35)21-15-23(41-18(3)27(37)38)19-9-8-17(2)14-20(19)30-21/h8-9,14-15,18,22H,7,10-13,16H2,1-6H3,(H,31,35)(H,37,38)/t18-,22-/m0/s1. The fourth-order valence-corrected chi connectivity index (χ4v) is 4.29. The normalized spacial score (nSPS) is 15.0. The maximum absolute atomic E-state index is 13.6. The first-order valence-electron chi connectivity index (χ1n) is 13.7. The highest BCUT2D eigenvalue weighted by molar-refractivity contribution is 6.00. The van der Waals surface area contributed by atoms with Crippen molar-refractivity contribution in [1.29, 1.82) is 0 Å². The lowest BCUT2D eigenvalue weighted by Crippen LogP contribution is -2.56. The minimum Gasteiger partial charge on any atom is -0.479 e. The number of carboxylic acid groups (broad SMARTS) is 1. The number of benzene rings is 1. The molecule has 3 rings (SSSR count). The number of carboxylic acids is 1. The van der Waals surface area contributed by atoms with Gasteiger partial charge in [-0.05, 0) is 59.2 Å². The number of nitrogens with zero attached hydrogens (tertiary/aromatic N) is 3. The van der Waals surface area contributed by atoms with Crippen LogP contribution in [0.1, 0.15) is 57.1 Å². The summed E-state index contributed by atoms with van der Waals surface area (Å²) >= 11 is 0. The van der Waals surface area contributed by atoms with Crippen LogP contribution in [0.3, 0.4) is 0 Å². The minimum absolute atomic E-state index is 0.130. The van der Waals surface area contributed by atoms with E-state index in [1.807, 2.05) is 6.92 Å². The van der Waals surface area contributed by atoms with E-state index in [0.717, 1.165) is 5.56 Å². The summed E-state index contributed by atoms with van der Waals surface area (Å²) in [4.78, 5) is 70.7. The SMILES string of the molecule is CCOC(=O)N1CCN(C(=O)[C@H](CC(=O)OC(C)(C)C)NC(=O)c2cc(O[C@@H](C)C(=O)O)c3ccc(C)cc3n2)CC1. The Morgan fingerprint density at radius 1 is 1.05 bits per heavy atom. The summed E-state index contributed by atoms with van der Waals surface area (Å²) in [7, 11) is 0. The fraction of sp³-hybridized carbons (Fsp3) is 0.517. The van der Waals surface area contributed by atoms with Crippen molar-refractivity contribution in [2.24, 2.45) is 0 Å². The van der Waals surface area contributed by atoms with E-state index in [1.165, 1.54) is 22.8 Å². The first-order valence-corrected chi connectivity index (χ1v) is 13.7. The Hall–Kier alpha value is -4.42. The van der Waals surface area contributed by atoms with Crippen molar-refractivity contribution in [3.05, 3.63) is 35.5 Å². The van der Waals surface area contributed by atoms with Gasteiger partial charge in [-0.1, -0.05) is 6.07 Å². The van der Waals surface area contributed by atoms with Crippen LogP contribution in [0.2, 0.25) is 0 Å². The van der Waals surface area contributed by atoms with Gasteiger partial charge in [0.05, 0.1) is 18.5 Å². The third-order valence-corrected chi connectivity index (χ3v) is 6.32. The van der Waals surface area contributed by atoms with Crippen LogP contribution < -0.4 is 10.1 Å². The molecule has 42 heavy (non-hydrogen) atoms.